The monoisotopic (exact) mass is 402 g/mol. The lowest BCUT2D eigenvalue weighted by Crippen LogP contribution is -2.49. The molecule has 2 aliphatic heterocycles. The number of aryl methyl sites for hydroxylation is 1. The van der Waals surface area contributed by atoms with Crippen LogP contribution in [0.2, 0.25) is 0 Å². The van der Waals surface area contributed by atoms with Gasteiger partial charge < -0.3 is 24.5 Å². The molecule has 1 amide bonds. The standard InChI is InChI=1S/C21H31BN2O5/c1-20(2)21(3,4)29-22(28-20)14-11-17(23-15-8-6-5-7-13(14)15)19(26)24-16-9-10-27-12-18(16)25/h11,16,18,25H,5-10,12H2,1-4H3,(H,24,26). The SMILES string of the molecule is CC1(C)OB(c2cc(C(=O)NC3CCOCC3O)nc3c2CCCC3)OC1(C)C. The van der Waals surface area contributed by atoms with Crippen molar-refractivity contribution in [1.82, 2.24) is 10.3 Å². The number of hydrogen-bond acceptors (Lipinski definition) is 6. The summed E-state index contributed by atoms with van der Waals surface area (Å²) < 4.78 is 17.8. The minimum Gasteiger partial charge on any atom is -0.399 e. The molecule has 1 aromatic rings. The van der Waals surface area contributed by atoms with E-state index in [0.29, 0.717) is 18.7 Å². The number of carbonyl (C=O) groups is 1. The smallest absolute Gasteiger partial charge is 0.399 e. The molecule has 7 nitrogen and oxygen atoms in total. The lowest BCUT2D eigenvalue weighted by atomic mass is 9.72. The molecule has 2 saturated heterocycles. The van der Waals surface area contributed by atoms with Crippen LogP contribution in [0.3, 0.4) is 0 Å². The molecule has 29 heavy (non-hydrogen) atoms. The molecule has 2 fully saturated rings. The summed E-state index contributed by atoms with van der Waals surface area (Å²) in [5.74, 6) is -0.276. The highest BCUT2D eigenvalue weighted by atomic mass is 16.7. The highest BCUT2D eigenvalue weighted by molar-refractivity contribution is 6.62. The first-order valence-electron chi connectivity index (χ1n) is 10.6. The zero-order valence-electron chi connectivity index (χ0n) is 17.8. The third-order valence-corrected chi connectivity index (χ3v) is 6.72. The number of hydrogen-bond donors (Lipinski definition) is 2. The summed E-state index contributed by atoms with van der Waals surface area (Å²) in [7, 11) is -0.518. The van der Waals surface area contributed by atoms with Crippen molar-refractivity contribution in [3.8, 4) is 0 Å². The number of carbonyl (C=O) groups excluding carboxylic acids is 1. The van der Waals surface area contributed by atoms with E-state index in [2.05, 4.69) is 10.3 Å². The Morgan fingerprint density at radius 3 is 2.59 bits per heavy atom. The maximum Gasteiger partial charge on any atom is 0.495 e. The van der Waals surface area contributed by atoms with E-state index in [4.69, 9.17) is 14.0 Å². The van der Waals surface area contributed by atoms with Gasteiger partial charge in [-0.2, -0.15) is 0 Å². The maximum atomic E-state index is 13.0. The Balaban J connectivity index is 1.64. The highest BCUT2D eigenvalue weighted by Gasteiger charge is 2.52. The topological polar surface area (TPSA) is 89.9 Å². The molecule has 158 valence electrons. The van der Waals surface area contributed by atoms with Gasteiger partial charge in [0, 0.05) is 12.3 Å². The Morgan fingerprint density at radius 1 is 1.21 bits per heavy atom. The summed E-state index contributed by atoms with van der Waals surface area (Å²) in [4.78, 5) is 17.6. The van der Waals surface area contributed by atoms with Crippen LogP contribution >= 0.6 is 0 Å². The van der Waals surface area contributed by atoms with E-state index in [1.807, 2.05) is 33.8 Å². The molecule has 0 saturated carbocycles. The minimum atomic E-state index is -0.701. The summed E-state index contributed by atoms with van der Waals surface area (Å²) in [5.41, 5.74) is 2.48. The highest BCUT2D eigenvalue weighted by Crippen LogP contribution is 2.37. The first kappa shape index (κ1) is 20.8. The molecule has 2 N–H and O–H groups in total. The zero-order valence-corrected chi connectivity index (χ0v) is 17.8. The Hall–Kier alpha value is -1.48. The molecule has 0 radical (unpaired) electrons. The van der Waals surface area contributed by atoms with Crippen LogP contribution < -0.4 is 10.8 Å². The van der Waals surface area contributed by atoms with Crippen molar-refractivity contribution in [1.29, 1.82) is 0 Å². The average Bonchev–Trinajstić information content (AvgIpc) is 2.90. The molecule has 8 heteroatoms. The van der Waals surface area contributed by atoms with Crippen LogP contribution in [-0.4, -0.2) is 59.7 Å². The van der Waals surface area contributed by atoms with Crippen LogP contribution in [0.15, 0.2) is 6.07 Å². The van der Waals surface area contributed by atoms with E-state index in [0.717, 1.165) is 42.4 Å². The van der Waals surface area contributed by atoms with Crippen molar-refractivity contribution >= 4 is 18.5 Å². The second kappa shape index (κ2) is 7.65. The molecule has 0 aromatic carbocycles. The Morgan fingerprint density at radius 2 is 1.90 bits per heavy atom. The third-order valence-electron chi connectivity index (χ3n) is 6.72. The van der Waals surface area contributed by atoms with Crippen LogP contribution in [0.25, 0.3) is 0 Å². The van der Waals surface area contributed by atoms with Gasteiger partial charge in [-0.05, 0) is 76.9 Å². The Bertz CT molecular complexity index is 782. The zero-order chi connectivity index (χ0) is 20.8. The first-order chi connectivity index (χ1) is 13.7. The summed E-state index contributed by atoms with van der Waals surface area (Å²) in [6.07, 6.45) is 3.81. The van der Waals surface area contributed by atoms with Crippen LogP contribution in [-0.2, 0) is 26.9 Å². The number of amides is 1. The van der Waals surface area contributed by atoms with Gasteiger partial charge in [0.25, 0.3) is 5.91 Å². The lowest BCUT2D eigenvalue weighted by Gasteiger charge is -2.32. The third kappa shape index (κ3) is 3.95. The second-order valence-electron chi connectivity index (χ2n) is 9.33. The molecule has 3 aliphatic rings. The van der Waals surface area contributed by atoms with Crippen molar-refractivity contribution < 1.29 is 23.9 Å². The van der Waals surface area contributed by atoms with Crippen LogP contribution in [0.1, 0.15) is 68.7 Å². The number of ether oxygens (including phenoxy) is 1. The van der Waals surface area contributed by atoms with E-state index >= 15 is 0 Å². The van der Waals surface area contributed by atoms with Gasteiger partial charge >= 0.3 is 7.12 Å². The number of pyridine rings is 1. The van der Waals surface area contributed by atoms with E-state index in [1.165, 1.54) is 0 Å². The van der Waals surface area contributed by atoms with Gasteiger partial charge in [-0.25, -0.2) is 4.98 Å². The van der Waals surface area contributed by atoms with E-state index < -0.39 is 24.4 Å². The Kier molecular flexibility index (Phi) is 5.48. The van der Waals surface area contributed by atoms with Gasteiger partial charge in [0.2, 0.25) is 0 Å². The number of rotatable bonds is 3. The van der Waals surface area contributed by atoms with Crippen molar-refractivity contribution in [3.63, 3.8) is 0 Å². The number of aliphatic hydroxyl groups excluding tert-OH is 1. The number of nitrogens with zero attached hydrogens (tertiary/aromatic N) is 1. The normalized spacial score (nSPS) is 28.1. The fourth-order valence-corrected chi connectivity index (χ4v) is 4.17. The minimum absolute atomic E-state index is 0.238. The fourth-order valence-electron chi connectivity index (χ4n) is 4.17. The fraction of sp³-hybridized carbons (Fsp3) is 0.714. The molecule has 2 unspecified atom stereocenters. The van der Waals surface area contributed by atoms with E-state index in [9.17, 15) is 9.90 Å². The van der Waals surface area contributed by atoms with Gasteiger partial charge in [-0.1, -0.05) is 0 Å². The Labute approximate surface area is 172 Å². The molecule has 0 spiro atoms. The maximum absolute atomic E-state index is 13.0. The molecular weight excluding hydrogens is 371 g/mol. The summed E-state index contributed by atoms with van der Waals surface area (Å²) in [6.45, 7) is 8.88. The largest absolute Gasteiger partial charge is 0.495 e. The summed E-state index contributed by atoms with van der Waals surface area (Å²) in [5, 5.41) is 13.0. The predicted octanol–water partition coefficient (Wildman–Crippen LogP) is 1.14. The second-order valence-corrected chi connectivity index (χ2v) is 9.33. The van der Waals surface area contributed by atoms with Crippen molar-refractivity contribution in [2.75, 3.05) is 13.2 Å². The van der Waals surface area contributed by atoms with Crippen molar-refractivity contribution in [2.45, 2.75) is 83.1 Å². The summed E-state index contributed by atoms with van der Waals surface area (Å²) >= 11 is 0. The van der Waals surface area contributed by atoms with Gasteiger partial charge in [-0.3, -0.25) is 4.79 Å². The first-order valence-corrected chi connectivity index (χ1v) is 10.6. The lowest BCUT2D eigenvalue weighted by molar-refractivity contribution is -0.0261. The molecule has 3 heterocycles. The predicted molar refractivity (Wildman–Crippen MR) is 109 cm³/mol. The van der Waals surface area contributed by atoms with Crippen LogP contribution in [0.4, 0.5) is 0 Å². The van der Waals surface area contributed by atoms with Crippen molar-refractivity contribution in [3.05, 3.63) is 23.0 Å². The molecular formula is C21H31BN2O5. The van der Waals surface area contributed by atoms with E-state index in [1.54, 1.807) is 0 Å². The number of aromatic nitrogens is 1. The van der Waals surface area contributed by atoms with E-state index in [-0.39, 0.29) is 18.6 Å². The quantitative estimate of drug-likeness (QED) is 0.738. The average molecular weight is 402 g/mol. The number of aliphatic hydroxyl groups is 1. The van der Waals surface area contributed by atoms with Crippen molar-refractivity contribution in [2.24, 2.45) is 0 Å². The molecule has 0 bridgehead atoms. The van der Waals surface area contributed by atoms with Crippen LogP contribution in [0, 0.1) is 0 Å². The van der Waals surface area contributed by atoms with Gasteiger partial charge in [0.05, 0.1) is 30.0 Å². The molecule has 1 aromatic heterocycles. The van der Waals surface area contributed by atoms with Crippen LogP contribution in [0.5, 0.6) is 0 Å². The van der Waals surface area contributed by atoms with Gasteiger partial charge in [-0.15, -0.1) is 0 Å². The van der Waals surface area contributed by atoms with Gasteiger partial charge in [0.1, 0.15) is 5.69 Å². The number of nitrogens with one attached hydrogen (secondary N) is 1. The summed E-state index contributed by atoms with van der Waals surface area (Å²) in [6, 6.07) is 1.49. The number of fused-ring (bicyclic) bond motifs is 1. The van der Waals surface area contributed by atoms with Gasteiger partial charge in [0.15, 0.2) is 0 Å². The molecule has 1 aliphatic carbocycles. The molecule has 4 rings (SSSR count). The molecule has 2 atom stereocenters.